The Morgan fingerprint density at radius 1 is 1.21 bits per heavy atom. The van der Waals surface area contributed by atoms with Crippen LogP contribution in [-0.2, 0) is 4.79 Å². The Kier molecular flexibility index (Phi) is 8.11. The lowest BCUT2D eigenvalue weighted by Gasteiger charge is -2.14. The fourth-order valence-corrected chi connectivity index (χ4v) is 3.47. The van der Waals surface area contributed by atoms with Gasteiger partial charge in [0, 0.05) is 6.07 Å². The third-order valence-electron chi connectivity index (χ3n) is 4.39. The minimum atomic E-state index is -0.602. The highest BCUT2D eigenvalue weighted by atomic mass is 79.9. The zero-order valence-corrected chi connectivity index (χ0v) is 19.9. The Hall–Kier alpha value is -3.77. The number of hydrogen-bond donors (Lipinski definition) is 1. The number of nitrogens with one attached hydrogen (secondary N) is 1. The van der Waals surface area contributed by atoms with Gasteiger partial charge in [0.1, 0.15) is 36.4 Å². The van der Waals surface area contributed by atoms with Gasteiger partial charge in [-0.3, -0.25) is 4.79 Å². The molecule has 0 aliphatic heterocycles. The Labute approximate surface area is 199 Å². The number of carbonyl (C=O) groups is 1. The molecule has 1 amide bonds. The molecule has 2 aromatic carbocycles. The summed E-state index contributed by atoms with van der Waals surface area (Å²) < 4.78 is 22.5. The summed E-state index contributed by atoms with van der Waals surface area (Å²) >= 11 is 3.47. The number of aromatic nitrogens is 1. The molecule has 0 saturated heterocycles. The number of amides is 1. The lowest BCUT2D eigenvalue weighted by molar-refractivity contribution is -0.112. The number of nitrogens with zero attached hydrogens (tertiary/aromatic N) is 2. The largest absolute Gasteiger partial charge is 0.493 e. The van der Waals surface area contributed by atoms with Crippen LogP contribution in [0.1, 0.15) is 16.9 Å². The van der Waals surface area contributed by atoms with Crippen molar-refractivity contribution in [2.45, 2.75) is 13.8 Å². The Morgan fingerprint density at radius 2 is 2.00 bits per heavy atom. The van der Waals surface area contributed by atoms with Crippen molar-refractivity contribution in [2.75, 3.05) is 25.6 Å². The van der Waals surface area contributed by atoms with Gasteiger partial charge in [-0.2, -0.15) is 5.26 Å². The lowest BCUT2D eigenvalue weighted by Crippen LogP contribution is -2.13. The first-order valence-corrected chi connectivity index (χ1v) is 10.7. The molecule has 0 radical (unpaired) electrons. The van der Waals surface area contributed by atoms with Gasteiger partial charge in [0.15, 0.2) is 17.3 Å². The number of methoxy groups -OCH3 is 1. The van der Waals surface area contributed by atoms with Crippen LogP contribution in [0.15, 0.2) is 57.0 Å². The molecular weight excluding hydrogens is 490 g/mol. The van der Waals surface area contributed by atoms with E-state index < -0.39 is 5.91 Å². The first-order chi connectivity index (χ1) is 15.9. The number of ether oxygens (including phenoxy) is 3. The van der Waals surface area contributed by atoms with Crippen LogP contribution in [0.5, 0.6) is 17.2 Å². The monoisotopic (exact) mass is 511 g/mol. The van der Waals surface area contributed by atoms with Crippen molar-refractivity contribution in [1.29, 1.82) is 5.26 Å². The summed E-state index contributed by atoms with van der Waals surface area (Å²) in [6.07, 6.45) is 1.44. The molecular formula is C24H22BrN3O5. The number of rotatable bonds is 9. The average Bonchev–Trinajstić information content (AvgIpc) is 3.20. The van der Waals surface area contributed by atoms with Crippen LogP contribution in [0.4, 0.5) is 5.82 Å². The summed E-state index contributed by atoms with van der Waals surface area (Å²) in [5.74, 6) is 1.87. The van der Waals surface area contributed by atoms with Gasteiger partial charge >= 0.3 is 0 Å². The maximum atomic E-state index is 12.4. The zero-order valence-electron chi connectivity index (χ0n) is 18.3. The van der Waals surface area contributed by atoms with E-state index in [1.54, 1.807) is 25.1 Å². The van der Waals surface area contributed by atoms with E-state index in [0.29, 0.717) is 40.5 Å². The molecule has 0 aliphatic carbocycles. The maximum Gasteiger partial charge on any atom is 0.267 e. The van der Waals surface area contributed by atoms with Crippen molar-refractivity contribution in [2.24, 2.45) is 0 Å². The highest BCUT2D eigenvalue weighted by molar-refractivity contribution is 9.10. The van der Waals surface area contributed by atoms with E-state index in [-0.39, 0.29) is 11.4 Å². The third kappa shape index (κ3) is 6.60. The fraction of sp³-hybridized carbons (Fsp3) is 0.208. The molecule has 1 heterocycles. The van der Waals surface area contributed by atoms with E-state index in [0.717, 1.165) is 11.3 Å². The maximum absolute atomic E-state index is 12.4. The summed E-state index contributed by atoms with van der Waals surface area (Å²) in [6, 6.07) is 14.6. The Balaban J connectivity index is 1.69. The van der Waals surface area contributed by atoms with E-state index >= 15 is 0 Å². The van der Waals surface area contributed by atoms with Crippen molar-refractivity contribution in [1.82, 2.24) is 5.16 Å². The highest BCUT2D eigenvalue weighted by Gasteiger charge is 2.15. The molecule has 0 aliphatic rings. The SMILES string of the molecule is COc1cc(/C=C(/C#N)C(=O)Nc2cc(C)on2)cc(Br)c1OCCOc1cccc(C)c1. The second-order valence-corrected chi connectivity index (χ2v) is 7.85. The molecule has 0 atom stereocenters. The fourth-order valence-electron chi connectivity index (χ4n) is 2.90. The van der Waals surface area contributed by atoms with Crippen LogP contribution < -0.4 is 19.5 Å². The second kappa shape index (κ2) is 11.2. The molecule has 3 rings (SSSR count). The van der Waals surface area contributed by atoms with Crippen LogP contribution in [0, 0.1) is 25.2 Å². The molecule has 0 unspecified atom stereocenters. The van der Waals surface area contributed by atoms with E-state index in [9.17, 15) is 10.1 Å². The van der Waals surface area contributed by atoms with Gasteiger partial charge in [-0.05, 0) is 71.2 Å². The van der Waals surface area contributed by atoms with Crippen LogP contribution in [0.3, 0.4) is 0 Å². The predicted molar refractivity (Wildman–Crippen MR) is 126 cm³/mol. The smallest absolute Gasteiger partial charge is 0.267 e. The van der Waals surface area contributed by atoms with Crippen molar-refractivity contribution >= 4 is 33.7 Å². The van der Waals surface area contributed by atoms with Gasteiger partial charge in [0.25, 0.3) is 5.91 Å². The first-order valence-electron chi connectivity index (χ1n) is 9.96. The molecule has 0 fully saturated rings. The Bertz CT molecular complexity index is 1210. The predicted octanol–water partition coefficient (Wildman–Crippen LogP) is 5.07. The standard InChI is InChI=1S/C24H22BrN3O5/c1-15-5-4-6-19(9-15)31-7-8-32-23-20(25)12-17(13-21(23)30-3)11-18(14-26)24(29)27-22-10-16(2)33-28-22/h4-6,9-13H,7-8H2,1-3H3,(H,27,28,29)/b18-11-. The number of nitriles is 1. The summed E-state index contributed by atoms with van der Waals surface area (Å²) in [6.45, 7) is 4.34. The molecule has 9 heteroatoms. The Morgan fingerprint density at radius 3 is 2.67 bits per heavy atom. The van der Waals surface area contributed by atoms with Gasteiger partial charge in [-0.1, -0.05) is 17.3 Å². The number of anilines is 1. The number of carbonyl (C=O) groups excluding carboxylic acids is 1. The number of benzene rings is 2. The van der Waals surface area contributed by atoms with Crippen molar-refractivity contribution in [3.63, 3.8) is 0 Å². The molecule has 8 nitrogen and oxygen atoms in total. The molecule has 0 spiro atoms. The lowest BCUT2D eigenvalue weighted by atomic mass is 10.1. The van der Waals surface area contributed by atoms with E-state index in [2.05, 4.69) is 26.4 Å². The molecule has 1 aromatic heterocycles. The number of halogens is 1. The van der Waals surface area contributed by atoms with E-state index in [4.69, 9.17) is 18.7 Å². The highest BCUT2D eigenvalue weighted by Crippen LogP contribution is 2.37. The van der Waals surface area contributed by atoms with Crippen LogP contribution in [-0.4, -0.2) is 31.4 Å². The minimum absolute atomic E-state index is 0.107. The topological polar surface area (TPSA) is 107 Å². The third-order valence-corrected chi connectivity index (χ3v) is 4.97. The van der Waals surface area contributed by atoms with Gasteiger partial charge in [-0.15, -0.1) is 0 Å². The minimum Gasteiger partial charge on any atom is -0.493 e. The van der Waals surface area contributed by atoms with Gasteiger partial charge in [-0.25, -0.2) is 0 Å². The molecule has 170 valence electrons. The summed E-state index contributed by atoms with van der Waals surface area (Å²) in [4.78, 5) is 12.4. The summed E-state index contributed by atoms with van der Waals surface area (Å²) in [7, 11) is 1.51. The van der Waals surface area contributed by atoms with Crippen molar-refractivity contribution in [3.05, 3.63) is 69.4 Å². The average molecular weight is 512 g/mol. The quantitative estimate of drug-likeness (QED) is 0.243. The molecule has 3 aromatic rings. The van der Waals surface area contributed by atoms with Crippen LogP contribution in [0.2, 0.25) is 0 Å². The van der Waals surface area contributed by atoms with Crippen LogP contribution in [0.25, 0.3) is 6.08 Å². The number of hydrogen-bond acceptors (Lipinski definition) is 7. The van der Waals surface area contributed by atoms with Crippen LogP contribution >= 0.6 is 15.9 Å². The zero-order chi connectivity index (χ0) is 23.8. The summed E-state index contributed by atoms with van der Waals surface area (Å²) in [5.41, 5.74) is 1.58. The molecule has 0 bridgehead atoms. The second-order valence-electron chi connectivity index (χ2n) is 6.99. The van der Waals surface area contributed by atoms with Crippen molar-refractivity contribution < 1.29 is 23.5 Å². The molecule has 0 saturated carbocycles. The number of aryl methyl sites for hydroxylation is 2. The molecule has 33 heavy (non-hydrogen) atoms. The first kappa shape index (κ1) is 23.9. The molecule has 1 N–H and O–H groups in total. The normalized spacial score (nSPS) is 10.9. The van der Waals surface area contributed by atoms with Gasteiger partial charge in [0.2, 0.25) is 0 Å². The van der Waals surface area contributed by atoms with Gasteiger partial charge < -0.3 is 24.1 Å². The van der Waals surface area contributed by atoms with Crippen molar-refractivity contribution in [3.8, 4) is 23.3 Å². The summed E-state index contributed by atoms with van der Waals surface area (Å²) in [5, 5.41) is 15.7. The van der Waals surface area contributed by atoms with Gasteiger partial charge in [0.05, 0.1) is 11.6 Å². The van der Waals surface area contributed by atoms with E-state index in [1.807, 2.05) is 37.3 Å². The van der Waals surface area contributed by atoms with E-state index in [1.165, 1.54) is 13.2 Å².